The average Bonchev–Trinajstić information content (AvgIpc) is 3.39. The maximum atomic E-state index is 12.8. The van der Waals surface area contributed by atoms with E-state index in [4.69, 9.17) is 4.74 Å². The number of H-pyrrole nitrogens is 1. The number of amides is 1. The van der Waals surface area contributed by atoms with Crippen LogP contribution in [0.4, 0.5) is 10.6 Å². The Morgan fingerprint density at radius 2 is 2.04 bits per heavy atom. The molecule has 0 aliphatic carbocycles. The number of hydrogen-bond donors (Lipinski definition) is 1. The van der Waals surface area contributed by atoms with Gasteiger partial charge in [-0.1, -0.05) is 0 Å². The predicted molar refractivity (Wildman–Crippen MR) is 104 cm³/mol. The molecule has 2 unspecified atom stereocenters. The third-order valence-corrected chi connectivity index (χ3v) is 5.76. The van der Waals surface area contributed by atoms with Gasteiger partial charge in [0.2, 0.25) is 0 Å². The molecule has 144 valence electrons. The molecular formula is C20H22N6O2. The summed E-state index contributed by atoms with van der Waals surface area (Å²) in [5.41, 5.74) is 1.79. The molecule has 8 nitrogen and oxygen atoms in total. The first-order valence-corrected chi connectivity index (χ1v) is 9.68. The van der Waals surface area contributed by atoms with E-state index in [2.05, 4.69) is 24.8 Å². The second-order valence-electron chi connectivity index (χ2n) is 7.30. The molecule has 5 heterocycles. The van der Waals surface area contributed by atoms with Gasteiger partial charge in [-0.25, -0.2) is 14.8 Å². The van der Waals surface area contributed by atoms with Crippen LogP contribution in [-0.4, -0.2) is 56.1 Å². The summed E-state index contributed by atoms with van der Waals surface area (Å²) in [7, 11) is 0. The summed E-state index contributed by atoms with van der Waals surface area (Å²) in [5.74, 6) is 0.950. The molecule has 28 heavy (non-hydrogen) atoms. The standard InChI is InChI=1S/C20H22N6O2/c27-20(28-12-14-3-7-21-8-4-14)26-10-1-2-16-17(26)6-11-25(16)19-15-5-9-22-18(15)23-13-24-19/h3-5,7-9,13,16-17H,1-2,6,10-12H2,(H,22,23,24). The molecule has 3 aromatic rings. The Bertz CT molecular complexity index is 975. The molecule has 0 saturated carbocycles. The van der Waals surface area contributed by atoms with Crippen LogP contribution in [-0.2, 0) is 11.3 Å². The van der Waals surface area contributed by atoms with Crippen molar-refractivity contribution in [3.63, 3.8) is 0 Å². The lowest BCUT2D eigenvalue weighted by atomic mass is 9.97. The summed E-state index contributed by atoms with van der Waals surface area (Å²) >= 11 is 0. The smallest absolute Gasteiger partial charge is 0.410 e. The molecule has 0 aromatic carbocycles. The molecule has 3 aromatic heterocycles. The normalized spacial score (nSPS) is 21.7. The molecule has 1 amide bonds. The molecule has 2 saturated heterocycles. The Morgan fingerprint density at radius 3 is 2.93 bits per heavy atom. The van der Waals surface area contributed by atoms with Crippen LogP contribution in [0.25, 0.3) is 11.0 Å². The number of ether oxygens (including phenoxy) is 1. The van der Waals surface area contributed by atoms with E-state index in [-0.39, 0.29) is 24.8 Å². The number of aromatic nitrogens is 4. The van der Waals surface area contributed by atoms with Crippen molar-refractivity contribution in [2.24, 2.45) is 0 Å². The third kappa shape index (κ3) is 2.94. The first-order valence-electron chi connectivity index (χ1n) is 9.68. The minimum absolute atomic E-state index is 0.155. The van der Waals surface area contributed by atoms with E-state index in [1.54, 1.807) is 18.7 Å². The van der Waals surface area contributed by atoms with Crippen LogP contribution in [0.1, 0.15) is 24.8 Å². The summed E-state index contributed by atoms with van der Waals surface area (Å²) in [5, 5.41) is 1.03. The molecule has 0 radical (unpaired) electrons. The molecule has 0 bridgehead atoms. The Kier molecular flexibility index (Phi) is 4.31. The molecule has 1 N–H and O–H groups in total. The lowest BCUT2D eigenvalue weighted by Crippen LogP contribution is -2.52. The summed E-state index contributed by atoms with van der Waals surface area (Å²) in [4.78, 5) is 33.0. The van der Waals surface area contributed by atoms with Crippen LogP contribution in [0.15, 0.2) is 43.1 Å². The Hall–Kier alpha value is -3.16. The van der Waals surface area contributed by atoms with Crippen LogP contribution in [0, 0.1) is 0 Å². The first-order chi connectivity index (χ1) is 13.8. The van der Waals surface area contributed by atoms with Crippen molar-refractivity contribution in [1.82, 2.24) is 24.8 Å². The van der Waals surface area contributed by atoms with Crippen LogP contribution in [0.5, 0.6) is 0 Å². The number of nitrogens with zero attached hydrogens (tertiary/aromatic N) is 5. The summed E-state index contributed by atoms with van der Waals surface area (Å²) in [6, 6.07) is 6.15. The van der Waals surface area contributed by atoms with Gasteiger partial charge in [0, 0.05) is 31.7 Å². The van der Waals surface area contributed by atoms with Crippen LogP contribution < -0.4 is 4.90 Å². The number of carbonyl (C=O) groups excluding carboxylic acids is 1. The summed E-state index contributed by atoms with van der Waals surface area (Å²) < 4.78 is 5.58. The van der Waals surface area contributed by atoms with Crippen molar-refractivity contribution in [1.29, 1.82) is 0 Å². The highest BCUT2D eigenvalue weighted by Gasteiger charge is 2.43. The van der Waals surface area contributed by atoms with Crippen molar-refractivity contribution >= 4 is 22.9 Å². The van der Waals surface area contributed by atoms with Gasteiger partial charge in [0.15, 0.2) is 0 Å². The fourth-order valence-electron chi connectivity index (χ4n) is 4.47. The zero-order chi connectivity index (χ0) is 18.9. The number of carbonyl (C=O) groups is 1. The van der Waals surface area contributed by atoms with Crippen molar-refractivity contribution in [2.75, 3.05) is 18.0 Å². The summed E-state index contributed by atoms with van der Waals surface area (Å²) in [6.45, 7) is 1.89. The third-order valence-electron chi connectivity index (χ3n) is 5.76. The van der Waals surface area contributed by atoms with Crippen molar-refractivity contribution in [3.8, 4) is 0 Å². The number of pyridine rings is 1. The first kappa shape index (κ1) is 17.0. The van der Waals surface area contributed by atoms with Crippen LogP contribution in [0.2, 0.25) is 0 Å². The lowest BCUT2D eigenvalue weighted by molar-refractivity contribution is 0.0673. The maximum absolute atomic E-state index is 12.8. The fourth-order valence-corrected chi connectivity index (χ4v) is 4.47. The maximum Gasteiger partial charge on any atom is 0.410 e. The minimum atomic E-state index is -0.233. The number of rotatable bonds is 3. The predicted octanol–water partition coefficient (Wildman–Crippen LogP) is 2.73. The van der Waals surface area contributed by atoms with Gasteiger partial charge in [-0.05, 0) is 43.0 Å². The number of fused-ring (bicyclic) bond motifs is 2. The van der Waals surface area contributed by atoms with Gasteiger partial charge in [-0.15, -0.1) is 0 Å². The molecule has 2 fully saturated rings. The molecular weight excluding hydrogens is 356 g/mol. The average molecular weight is 378 g/mol. The van der Waals surface area contributed by atoms with Gasteiger partial charge in [0.05, 0.1) is 17.5 Å². The lowest BCUT2D eigenvalue weighted by Gasteiger charge is -2.39. The molecule has 2 atom stereocenters. The fraction of sp³-hybridized carbons (Fsp3) is 0.400. The number of anilines is 1. The van der Waals surface area contributed by atoms with Gasteiger partial charge in [-0.3, -0.25) is 4.98 Å². The zero-order valence-corrected chi connectivity index (χ0v) is 15.5. The second kappa shape index (κ2) is 7.10. The topological polar surface area (TPSA) is 87.2 Å². The monoisotopic (exact) mass is 378 g/mol. The largest absolute Gasteiger partial charge is 0.445 e. The van der Waals surface area contributed by atoms with E-state index in [1.807, 2.05) is 29.3 Å². The molecule has 8 heteroatoms. The van der Waals surface area contributed by atoms with Gasteiger partial charge in [-0.2, -0.15) is 0 Å². The van der Waals surface area contributed by atoms with E-state index < -0.39 is 0 Å². The number of aromatic amines is 1. The van der Waals surface area contributed by atoms with Crippen molar-refractivity contribution < 1.29 is 9.53 Å². The van der Waals surface area contributed by atoms with Gasteiger partial charge < -0.3 is 19.5 Å². The molecule has 0 spiro atoms. The van der Waals surface area contributed by atoms with E-state index >= 15 is 0 Å². The van der Waals surface area contributed by atoms with Crippen LogP contribution >= 0.6 is 0 Å². The van der Waals surface area contributed by atoms with Gasteiger partial charge >= 0.3 is 6.09 Å². The number of likely N-dealkylation sites (tertiary alicyclic amines) is 1. The highest BCUT2D eigenvalue weighted by molar-refractivity contribution is 5.87. The number of piperidine rings is 1. The Labute approximate surface area is 162 Å². The molecule has 2 aliphatic heterocycles. The highest BCUT2D eigenvalue weighted by Crippen LogP contribution is 2.36. The van der Waals surface area contributed by atoms with Crippen molar-refractivity contribution in [3.05, 3.63) is 48.7 Å². The van der Waals surface area contributed by atoms with E-state index in [1.165, 1.54) is 0 Å². The highest BCUT2D eigenvalue weighted by atomic mass is 16.6. The van der Waals surface area contributed by atoms with E-state index in [0.717, 1.165) is 54.8 Å². The van der Waals surface area contributed by atoms with Gasteiger partial charge in [0.1, 0.15) is 24.4 Å². The number of hydrogen-bond acceptors (Lipinski definition) is 6. The van der Waals surface area contributed by atoms with Crippen molar-refractivity contribution in [2.45, 2.75) is 38.0 Å². The second-order valence-corrected chi connectivity index (χ2v) is 7.30. The molecule has 2 aliphatic rings. The van der Waals surface area contributed by atoms with E-state index in [9.17, 15) is 4.79 Å². The Morgan fingerprint density at radius 1 is 1.14 bits per heavy atom. The molecule has 5 rings (SSSR count). The van der Waals surface area contributed by atoms with Gasteiger partial charge in [0.25, 0.3) is 0 Å². The zero-order valence-electron chi connectivity index (χ0n) is 15.5. The Balaban J connectivity index is 1.32. The summed E-state index contributed by atoms with van der Waals surface area (Å²) in [6.07, 6.45) is 9.60. The quantitative estimate of drug-likeness (QED) is 0.754. The van der Waals surface area contributed by atoms with Crippen LogP contribution in [0.3, 0.4) is 0 Å². The number of nitrogens with one attached hydrogen (secondary N) is 1. The SMILES string of the molecule is O=C(OCc1ccncc1)N1CCCC2C1CCN2c1ncnc2[nH]ccc12. The minimum Gasteiger partial charge on any atom is -0.445 e. The van der Waals surface area contributed by atoms with E-state index in [0.29, 0.717) is 0 Å².